The van der Waals surface area contributed by atoms with Crippen LogP contribution in [0.4, 0.5) is 0 Å². The van der Waals surface area contributed by atoms with Gasteiger partial charge in [-0.15, -0.1) is 0 Å². The van der Waals surface area contributed by atoms with Crippen LogP contribution < -0.4 is 0 Å². The van der Waals surface area contributed by atoms with Gasteiger partial charge in [0.15, 0.2) is 12.2 Å². The number of aliphatic hydroxyl groups excluding tert-OH is 1. The Labute approximate surface area is 622 Å². The standard InChI is InChI=1S/C83H152O17P2/c1-5-9-13-17-21-25-29-33-37-38-42-44-48-52-56-60-64-68-81(86)94-74-79(100-83(88)70-66-62-58-54-50-46-41-36-32-28-24-20-16-12-8-4)76-98-102(91,92)96-72-77(84)71-95-101(89,90)97-75-78(99-82(87)69-65-61-57-53-49-45-40-35-31-27-23-19-15-11-7-3)73-93-80(85)67-63-59-55-51-47-43-39-34-30-26-22-18-14-10-6-2/h24,27-28,31,33-34,36-37,39,41,77-79,84H,5-23,25-26,29-30,32,35,38,40,42-76H2,1-4H3,(H,89,90)(H,91,92)/t77?,78-,79-/m1/s1. The molecule has 0 aromatic carbocycles. The van der Waals surface area contributed by atoms with E-state index in [1.54, 1.807) is 0 Å². The van der Waals surface area contributed by atoms with Gasteiger partial charge in [-0.25, -0.2) is 9.13 Å². The molecule has 19 heteroatoms. The van der Waals surface area contributed by atoms with Gasteiger partial charge >= 0.3 is 39.5 Å². The molecule has 0 aromatic heterocycles. The molecule has 0 radical (unpaired) electrons. The van der Waals surface area contributed by atoms with E-state index in [2.05, 4.69) is 88.5 Å². The Balaban J connectivity index is 5.34. The van der Waals surface area contributed by atoms with Crippen LogP contribution in [0.15, 0.2) is 60.8 Å². The molecule has 0 amide bonds. The van der Waals surface area contributed by atoms with E-state index in [9.17, 15) is 43.2 Å². The molecule has 17 nitrogen and oxygen atoms in total. The van der Waals surface area contributed by atoms with Crippen LogP contribution in [-0.4, -0.2) is 96.7 Å². The third kappa shape index (κ3) is 75.0. The van der Waals surface area contributed by atoms with Gasteiger partial charge in [0.2, 0.25) is 0 Å². The Hall–Kier alpha value is -3.24. The SMILES string of the molecule is CCCCCC=CCC=CCCCCCCCC(=O)O[C@H](COC(=O)CCCCCCCCCC=CCCCCCCCC)COP(=O)(O)OCC(O)COP(=O)(O)OC[C@@H](COC(=O)CCCCCCCC=CCCCCCCCC)OC(=O)CCCCCCCCCC=CCCCCCC. The third-order valence-electron chi connectivity index (χ3n) is 17.9. The fourth-order valence-electron chi connectivity index (χ4n) is 11.5. The lowest BCUT2D eigenvalue weighted by Gasteiger charge is -2.21. The predicted molar refractivity (Wildman–Crippen MR) is 418 cm³/mol. The third-order valence-corrected chi connectivity index (χ3v) is 19.8. The number of carbonyl (C=O) groups is 4. The van der Waals surface area contributed by atoms with Crippen molar-refractivity contribution in [1.82, 2.24) is 0 Å². The first-order valence-electron chi connectivity index (χ1n) is 41.5. The summed E-state index contributed by atoms with van der Waals surface area (Å²) < 4.78 is 68.7. The Morgan fingerprint density at radius 1 is 0.275 bits per heavy atom. The van der Waals surface area contributed by atoms with Gasteiger partial charge in [-0.3, -0.25) is 37.3 Å². The fourth-order valence-corrected chi connectivity index (χ4v) is 13.1. The number of allylic oxidation sites excluding steroid dienone is 10. The first-order chi connectivity index (χ1) is 49.7. The molecule has 3 unspecified atom stereocenters. The summed E-state index contributed by atoms with van der Waals surface area (Å²) in [5.41, 5.74) is 0. The number of phosphoric ester groups is 2. The van der Waals surface area contributed by atoms with Crippen LogP contribution in [0, 0.1) is 0 Å². The molecule has 596 valence electrons. The fraction of sp³-hybridized carbons (Fsp3) is 0.831. The van der Waals surface area contributed by atoms with Crippen molar-refractivity contribution in [3.8, 4) is 0 Å². The van der Waals surface area contributed by atoms with Gasteiger partial charge in [0, 0.05) is 25.7 Å². The minimum absolute atomic E-state index is 0.0820. The molecular formula is C83H152O17P2. The highest BCUT2D eigenvalue weighted by molar-refractivity contribution is 7.47. The second kappa shape index (κ2) is 76.0. The van der Waals surface area contributed by atoms with Gasteiger partial charge in [-0.1, -0.05) is 288 Å². The largest absolute Gasteiger partial charge is 0.472 e. The second-order valence-electron chi connectivity index (χ2n) is 28.1. The van der Waals surface area contributed by atoms with Crippen LogP contribution in [0.2, 0.25) is 0 Å². The van der Waals surface area contributed by atoms with Crippen molar-refractivity contribution in [3.05, 3.63) is 60.8 Å². The van der Waals surface area contributed by atoms with E-state index in [1.807, 2.05) is 0 Å². The van der Waals surface area contributed by atoms with Crippen LogP contribution in [0.1, 0.15) is 387 Å². The lowest BCUT2D eigenvalue weighted by Crippen LogP contribution is -2.30. The van der Waals surface area contributed by atoms with E-state index in [1.165, 1.54) is 141 Å². The molecule has 5 atom stereocenters. The van der Waals surface area contributed by atoms with E-state index >= 15 is 0 Å². The molecule has 0 saturated heterocycles. The van der Waals surface area contributed by atoms with Crippen LogP contribution in [0.3, 0.4) is 0 Å². The molecule has 0 bridgehead atoms. The summed E-state index contributed by atoms with van der Waals surface area (Å²) >= 11 is 0. The number of carbonyl (C=O) groups excluding carboxylic acids is 4. The van der Waals surface area contributed by atoms with Crippen LogP contribution >= 0.6 is 15.6 Å². The first kappa shape index (κ1) is 98.8. The minimum atomic E-state index is -4.98. The quantitative estimate of drug-likeness (QED) is 0.0169. The molecule has 0 rings (SSSR count). The zero-order valence-electron chi connectivity index (χ0n) is 65.3. The van der Waals surface area contributed by atoms with Crippen molar-refractivity contribution < 1.29 is 80.2 Å². The minimum Gasteiger partial charge on any atom is -0.462 e. The van der Waals surface area contributed by atoms with Crippen molar-refractivity contribution in [3.63, 3.8) is 0 Å². The summed E-state index contributed by atoms with van der Waals surface area (Å²) in [5, 5.41) is 10.6. The van der Waals surface area contributed by atoms with Crippen molar-refractivity contribution >= 4 is 39.5 Å². The molecular weight excluding hydrogens is 1330 g/mol. The summed E-state index contributed by atoms with van der Waals surface area (Å²) in [6.07, 6.45) is 76.1. The second-order valence-corrected chi connectivity index (χ2v) is 31.0. The lowest BCUT2D eigenvalue weighted by molar-refractivity contribution is -0.161. The van der Waals surface area contributed by atoms with Crippen molar-refractivity contribution in [1.29, 1.82) is 0 Å². The Morgan fingerprint density at radius 3 is 0.765 bits per heavy atom. The summed E-state index contributed by atoms with van der Waals surface area (Å²) in [7, 11) is -9.95. The van der Waals surface area contributed by atoms with Gasteiger partial charge in [0.05, 0.1) is 26.4 Å². The van der Waals surface area contributed by atoms with Crippen molar-refractivity contribution in [2.75, 3.05) is 39.6 Å². The Bertz CT molecular complexity index is 2170. The number of ether oxygens (including phenoxy) is 4. The zero-order valence-corrected chi connectivity index (χ0v) is 67.1. The molecule has 0 heterocycles. The van der Waals surface area contributed by atoms with Gasteiger partial charge < -0.3 is 33.8 Å². The van der Waals surface area contributed by atoms with Gasteiger partial charge in [-0.2, -0.15) is 0 Å². The lowest BCUT2D eigenvalue weighted by atomic mass is 10.1. The number of hydrogen-bond acceptors (Lipinski definition) is 15. The zero-order chi connectivity index (χ0) is 74.6. The highest BCUT2D eigenvalue weighted by atomic mass is 31.2. The van der Waals surface area contributed by atoms with Crippen LogP contribution in [0.25, 0.3) is 0 Å². The maximum absolute atomic E-state index is 13.1. The van der Waals surface area contributed by atoms with E-state index in [4.69, 9.17) is 37.0 Å². The summed E-state index contributed by atoms with van der Waals surface area (Å²) in [6.45, 7) is 4.88. The molecule has 0 saturated carbocycles. The van der Waals surface area contributed by atoms with Gasteiger partial charge in [0.25, 0.3) is 0 Å². The molecule has 0 spiro atoms. The molecule has 0 aromatic rings. The Morgan fingerprint density at radius 2 is 0.480 bits per heavy atom. The monoisotopic (exact) mass is 1480 g/mol. The van der Waals surface area contributed by atoms with E-state index in [-0.39, 0.29) is 25.7 Å². The average Bonchev–Trinajstić information content (AvgIpc) is 0.919. The number of unbranched alkanes of at least 4 members (excludes halogenated alkanes) is 43. The summed E-state index contributed by atoms with van der Waals surface area (Å²) in [5.74, 6) is -2.17. The normalized spacial score (nSPS) is 14.1. The maximum Gasteiger partial charge on any atom is 0.472 e. The average molecular weight is 1480 g/mol. The molecule has 0 aliphatic heterocycles. The van der Waals surface area contributed by atoms with E-state index in [0.29, 0.717) is 25.7 Å². The number of phosphoric acid groups is 2. The number of aliphatic hydroxyl groups is 1. The maximum atomic E-state index is 13.1. The number of hydrogen-bond donors (Lipinski definition) is 3. The smallest absolute Gasteiger partial charge is 0.462 e. The highest BCUT2D eigenvalue weighted by Crippen LogP contribution is 2.45. The molecule has 0 aliphatic carbocycles. The van der Waals surface area contributed by atoms with Crippen molar-refractivity contribution in [2.45, 2.75) is 406 Å². The summed E-state index contributed by atoms with van der Waals surface area (Å²) in [6, 6.07) is 0. The van der Waals surface area contributed by atoms with Crippen LogP contribution in [-0.2, 0) is 65.4 Å². The number of esters is 4. The van der Waals surface area contributed by atoms with Gasteiger partial charge in [-0.05, 0) is 135 Å². The van der Waals surface area contributed by atoms with Crippen LogP contribution in [0.5, 0.6) is 0 Å². The predicted octanol–water partition coefficient (Wildman–Crippen LogP) is 24.2. The Kier molecular flexibility index (Phi) is 73.6. The summed E-state index contributed by atoms with van der Waals surface area (Å²) in [4.78, 5) is 73.1. The van der Waals surface area contributed by atoms with E-state index in [0.717, 1.165) is 167 Å². The molecule has 3 N–H and O–H groups in total. The van der Waals surface area contributed by atoms with Crippen molar-refractivity contribution in [2.24, 2.45) is 0 Å². The van der Waals surface area contributed by atoms with Gasteiger partial charge in [0.1, 0.15) is 19.3 Å². The molecule has 102 heavy (non-hydrogen) atoms. The highest BCUT2D eigenvalue weighted by Gasteiger charge is 2.30. The topological polar surface area (TPSA) is 237 Å². The first-order valence-corrected chi connectivity index (χ1v) is 44.5. The number of rotatable bonds is 79. The molecule has 0 fully saturated rings. The molecule has 0 aliphatic rings. The van der Waals surface area contributed by atoms with E-state index < -0.39 is 97.5 Å².